The molecule has 0 radical (unpaired) electrons. The minimum absolute atomic E-state index is 0.0758. The summed E-state index contributed by atoms with van der Waals surface area (Å²) in [6.45, 7) is 5.36. The lowest BCUT2D eigenvalue weighted by atomic mass is 9.77. The molecule has 22 heavy (non-hydrogen) atoms. The first-order valence-corrected chi connectivity index (χ1v) is 7.98. The zero-order valence-corrected chi connectivity index (χ0v) is 13.1. The van der Waals surface area contributed by atoms with Crippen LogP contribution in [0.2, 0.25) is 0 Å². The van der Waals surface area contributed by atoms with E-state index in [-0.39, 0.29) is 11.3 Å². The van der Waals surface area contributed by atoms with E-state index < -0.39 is 0 Å². The van der Waals surface area contributed by atoms with Crippen LogP contribution in [0.3, 0.4) is 0 Å². The summed E-state index contributed by atoms with van der Waals surface area (Å²) in [6, 6.07) is 1.86. The first-order chi connectivity index (χ1) is 10.6. The summed E-state index contributed by atoms with van der Waals surface area (Å²) >= 11 is 0. The Bertz CT molecular complexity index is 730. The van der Waals surface area contributed by atoms with E-state index in [1.165, 1.54) is 11.3 Å². The number of likely N-dealkylation sites (tertiary alicyclic amines) is 1. The largest absolute Gasteiger partial charge is 0.466 e. The van der Waals surface area contributed by atoms with Crippen LogP contribution in [0.15, 0.2) is 16.7 Å². The molecule has 1 unspecified atom stereocenters. The van der Waals surface area contributed by atoms with Crippen LogP contribution in [0.1, 0.15) is 52.4 Å². The van der Waals surface area contributed by atoms with Crippen LogP contribution in [-0.2, 0) is 11.8 Å². The van der Waals surface area contributed by atoms with Gasteiger partial charge in [-0.2, -0.15) is 5.10 Å². The van der Waals surface area contributed by atoms with Gasteiger partial charge in [-0.15, -0.1) is 0 Å². The maximum absolute atomic E-state index is 12.9. The molecule has 1 fully saturated rings. The van der Waals surface area contributed by atoms with Crippen molar-refractivity contribution in [1.82, 2.24) is 15.1 Å². The van der Waals surface area contributed by atoms with Gasteiger partial charge in [0.1, 0.15) is 11.5 Å². The highest BCUT2D eigenvalue weighted by atomic mass is 16.3. The SMILES string of the molecule is Cc1cc(C(=O)N2CCCC3(CCc4cn[nH]c43)C2)c(C)o1. The molecule has 2 aliphatic rings. The molecule has 2 aromatic rings. The fourth-order valence-electron chi connectivity index (χ4n) is 4.19. The van der Waals surface area contributed by atoms with Crippen LogP contribution in [0, 0.1) is 13.8 Å². The number of hydrogen-bond donors (Lipinski definition) is 1. The monoisotopic (exact) mass is 299 g/mol. The van der Waals surface area contributed by atoms with Gasteiger partial charge in [0, 0.05) is 24.2 Å². The number of piperidine rings is 1. The summed E-state index contributed by atoms with van der Waals surface area (Å²) in [6.07, 6.45) is 6.30. The number of amides is 1. The maximum atomic E-state index is 12.9. The standard InChI is InChI=1S/C17H21N3O2/c1-11-8-14(12(2)22-11)16(21)20-7-3-5-17(10-20)6-4-13-9-18-19-15(13)17/h8-9H,3-7,10H2,1-2H3,(H,18,19). The molecule has 1 N–H and O–H groups in total. The highest BCUT2D eigenvalue weighted by Gasteiger charge is 2.44. The molecule has 1 aliphatic heterocycles. The predicted octanol–water partition coefficient (Wildman–Crippen LogP) is 2.74. The smallest absolute Gasteiger partial charge is 0.257 e. The molecule has 1 spiro atoms. The molecule has 116 valence electrons. The number of nitrogens with zero attached hydrogens (tertiary/aromatic N) is 2. The average Bonchev–Trinajstić information content (AvgIpc) is 3.17. The van der Waals surface area contributed by atoms with Gasteiger partial charge in [0.15, 0.2) is 0 Å². The minimum atomic E-state index is 0.0758. The van der Waals surface area contributed by atoms with E-state index in [0.717, 1.165) is 50.3 Å². The molecule has 4 rings (SSSR count). The molecule has 5 heteroatoms. The van der Waals surface area contributed by atoms with E-state index in [0.29, 0.717) is 5.56 Å². The van der Waals surface area contributed by atoms with E-state index in [4.69, 9.17) is 4.42 Å². The number of nitrogens with one attached hydrogen (secondary N) is 1. The molecular weight excluding hydrogens is 278 g/mol. The summed E-state index contributed by atoms with van der Waals surface area (Å²) in [7, 11) is 0. The fraction of sp³-hybridized carbons (Fsp3) is 0.529. The third kappa shape index (κ3) is 1.91. The predicted molar refractivity (Wildman–Crippen MR) is 81.9 cm³/mol. The number of aryl methyl sites for hydroxylation is 3. The maximum Gasteiger partial charge on any atom is 0.257 e. The number of aromatic nitrogens is 2. The van der Waals surface area contributed by atoms with Gasteiger partial charge >= 0.3 is 0 Å². The highest BCUT2D eigenvalue weighted by Crippen LogP contribution is 2.44. The second kappa shape index (κ2) is 4.73. The third-order valence-corrected chi connectivity index (χ3v) is 5.26. The Kier molecular flexibility index (Phi) is 2.93. The van der Waals surface area contributed by atoms with E-state index in [1.807, 2.05) is 31.0 Å². The van der Waals surface area contributed by atoms with Gasteiger partial charge in [-0.1, -0.05) is 0 Å². The van der Waals surface area contributed by atoms with Crippen molar-refractivity contribution < 1.29 is 9.21 Å². The van der Waals surface area contributed by atoms with Crippen molar-refractivity contribution in [2.24, 2.45) is 0 Å². The molecule has 1 aliphatic carbocycles. The topological polar surface area (TPSA) is 62.1 Å². The molecule has 1 atom stereocenters. The summed E-state index contributed by atoms with van der Waals surface area (Å²) in [5, 5.41) is 7.38. The van der Waals surface area contributed by atoms with Crippen molar-refractivity contribution in [2.45, 2.75) is 44.9 Å². The van der Waals surface area contributed by atoms with Crippen LogP contribution >= 0.6 is 0 Å². The van der Waals surface area contributed by atoms with Crippen molar-refractivity contribution in [1.29, 1.82) is 0 Å². The van der Waals surface area contributed by atoms with Crippen molar-refractivity contribution in [3.63, 3.8) is 0 Å². The number of hydrogen-bond acceptors (Lipinski definition) is 3. The molecule has 1 amide bonds. The third-order valence-electron chi connectivity index (χ3n) is 5.26. The number of carbonyl (C=O) groups excluding carboxylic acids is 1. The molecule has 5 nitrogen and oxygen atoms in total. The molecular formula is C17H21N3O2. The van der Waals surface area contributed by atoms with Crippen LogP contribution in [0.4, 0.5) is 0 Å². The molecule has 0 bridgehead atoms. The van der Waals surface area contributed by atoms with Crippen LogP contribution in [0.25, 0.3) is 0 Å². The number of fused-ring (bicyclic) bond motifs is 2. The van der Waals surface area contributed by atoms with Gasteiger partial charge in [-0.05, 0) is 51.2 Å². The molecule has 2 aromatic heterocycles. The second-order valence-corrected chi connectivity index (χ2v) is 6.71. The number of H-pyrrole nitrogens is 1. The lowest BCUT2D eigenvalue weighted by molar-refractivity contribution is 0.0631. The zero-order valence-electron chi connectivity index (χ0n) is 13.1. The Balaban J connectivity index is 1.62. The number of rotatable bonds is 1. The van der Waals surface area contributed by atoms with E-state index >= 15 is 0 Å². The summed E-state index contributed by atoms with van der Waals surface area (Å²) in [5.74, 6) is 1.61. The van der Waals surface area contributed by atoms with Crippen molar-refractivity contribution in [3.05, 3.63) is 40.6 Å². The van der Waals surface area contributed by atoms with E-state index in [9.17, 15) is 4.79 Å². The summed E-state index contributed by atoms with van der Waals surface area (Å²) in [5.41, 5.74) is 3.36. The second-order valence-electron chi connectivity index (χ2n) is 6.71. The van der Waals surface area contributed by atoms with Crippen molar-refractivity contribution >= 4 is 5.91 Å². The first kappa shape index (κ1) is 13.6. The molecule has 0 aromatic carbocycles. The van der Waals surface area contributed by atoms with Crippen LogP contribution in [0.5, 0.6) is 0 Å². The first-order valence-electron chi connectivity index (χ1n) is 7.98. The van der Waals surface area contributed by atoms with Gasteiger partial charge in [-0.25, -0.2) is 0 Å². The Labute approximate surface area is 129 Å². The molecule has 0 saturated carbocycles. The Morgan fingerprint density at radius 2 is 2.27 bits per heavy atom. The normalized spacial score (nSPS) is 24.0. The van der Waals surface area contributed by atoms with E-state index in [1.54, 1.807) is 0 Å². The van der Waals surface area contributed by atoms with Crippen LogP contribution < -0.4 is 0 Å². The lowest BCUT2D eigenvalue weighted by Crippen LogP contribution is -2.47. The van der Waals surface area contributed by atoms with Gasteiger partial charge in [0.25, 0.3) is 5.91 Å². The lowest BCUT2D eigenvalue weighted by Gasteiger charge is -2.40. The van der Waals surface area contributed by atoms with Gasteiger partial charge in [0.05, 0.1) is 11.8 Å². The quantitative estimate of drug-likeness (QED) is 0.880. The Hall–Kier alpha value is -2.04. The van der Waals surface area contributed by atoms with Gasteiger partial charge in [0.2, 0.25) is 0 Å². The van der Waals surface area contributed by atoms with Gasteiger partial charge < -0.3 is 9.32 Å². The highest BCUT2D eigenvalue weighted by molar-refractivity contribution is 5.95. The minimum Gasteiger partial charge on any atom is -0.466 e. The Morgan fingerprint density at radius 3 is 3.05 bits per heavy atom. The summed E-state index contributed by atoms with van der Waals surface area (Å²) < 4.78 is 5.52. The number of carbonyl (C=O) groups is 1. The number of furan rings is 1. The number of aromatic amines is 1. The summed E-state index contributed by atoms with van der Waals surface area (Å²) in [4.78, 5) is 14.9. The average molecular weight is 299 g/mol. The van der Waals surface area contributed by atoms with Crippen LogP contribution in [-0.4, -0.2) is 34.1 Å². The van der Waals surface area contributed by atoms with Gasteiger partial charge in [-0.3, -0.25) is 9.89 Å². The zero-order chi connectivity index (χ0) is 15.3. The van der Waals surface area contributed by atoms with Crippen molar-refractivity contribution in [2.75, 3.05) is 13.1 Å². The van der Waals surface area contributed by atoms with E-state index in [2.05, 4.69) is 10.2 Å². The van der Waals surface area contributed by atoms with Crippen molar-refractivity contribution in [3.8, 4) is 0 Å². The molecule has 1 saturated heterocycles. The fourth-order valence-corrected chi connectivity index (χ4v) is 4.19. The Morgan fingerprint density at radius 1 is 1.41 bits per heavy atom. The molecule has 3 heterocycles.